The van der Waals surface area contributed by atoms with E-state index in [1.807, 2.05) is 18.2 Å². The Bertz CT molecular complexity index is 467. The number of likely N-dealkylation sites (N-methyl/N-ethyl adjacent to an activating group) is 2. The minimum Gasteiger partial charge on any atom is -0.304 e. The molecule has 0 saturated carbocycles. The SMILES string of the molecule is Br.CN(CCN(C)Cc1ccc(Cl)c(Cl)c1)CCN1CCCC1. The lowest BCUT2D eigenvalue weighted by atomic mass is 10.2. The first kappa shape index (κ1) is 21.2. The monoisotopic (exact) mass is 423 g/mol. The lowest BCUT2D eigenvalue weighted by Crippen LogP contribution is -2.35. The zero-order chi connectivity index (χ0) is 15.9. The minimum absolute atomic E-state index is 0. The van der Waals surface area contributed by atoms with Crippen LogP contribution in [0.3, 0.4) is 0 Å². The zero-order valence-corrected chi connectivity index (χ0v) is 17.3. The number of rotatable bonds is 8. The Balaban J connectivity index is 0.00000264. The highest BCUT2D eigenvalue weighted by Gasteiger charge is 2.12. The van der Waals surface area contributed by atoms with Crippen LogP contribution in [0.1, 0.15) is 18.4 Å². The van der Waals surface area contributed by atoms with Crippen molar-refractivity contribution in [2.45, 2.75) is 19.4 Å². The van der Waals surface area contributed by atoms with Crippen molar-refractivity contribution in [1.82, 2.24) is 14.7 Å². The zero-order valence-electron chi connectivity index (χ0n) is 14.1. The van der Waals surface area contributed by atoms with Crippen LogP contribution in [0, 0.1) is 0 Å². The molecule has 0 amide bonds. The van der Waals surface area contributed by atoms with E-state index in [2.05, 4.69) is 28.8 Å². The normalized spacial score (nSPS) is 15.4. The Hall–Kier alpha value is 0.160. The standard InChI is InChI=1S/C17H27Cl2N3.BrH/c1-20(11-12-22-7-3-4-8-22)9-10-21(2)14-15-5-6-16(18)17(19)13-15;/h5-6,13H,3-4,7-12,14H2,1-2H3;1H. The van der Waals surface area contributed by atoms with Crippen LogP contribution in [0.4, 0.5) is 0 Å². The fraction of sp³-hybridized carbons (Fsp3) is 0.647. The molecule has 6 heteroatoms. The summed E-state index contributed by atoms with van der Waals surface area (Å²) in [6.07, 6.45) is 2.74. The van der Waals surface area contributed by atoms with Crippen molar-refractivity contribution in [3.8, 4) is 0 Å². The molecule has 1 fully saturated rings. The summed E-state index contributed by atoms with van der Waals surface area (Å²) in [4.78, 5) is 7.31. The van der Waals surface area contributed by atoms with Gasteiger partial charge in [0.15, 0.2) is 0 Å². The molecule has 1 aliphatic heterocycles. The van der Waals surface area contributed by atoms with E-state index >= 15 is 0 Å². The van der Waals surface area contributed by atoms with Crippen LogP contribution in [0.25, 0.3) is 0 Å². The fourth-order valence-electron chi connectivity index (χ4n) is 2.80. The molecule has 0 radical (unpaired) electrons. The molecule has 0 aromatic heterocycles. The molecule has 1 aromatic carbocycles. The van der Waals surface area contributed by atoms with Crippen LogP contribution in [-0.4, -0.2) is 68.1 Å². The Kier molecular flexibility index (Phi) is 10.1. The summed E-state index contributed by atoms with van der Waals surface area (Å²) >= 11 is 12.0. The van der Waals surface area contributed by atoms with Crippen LogP contribution < -0.4 is 0 Å². The van der Waals surface area contributed by atoms with E-state index in [1.54, 1.807) is 0 Å². The number of benzene rings is 1. The van der Waals surface area contributed by atoms with Gasteiger partial charge in [-0.3, -0.25) is 0 Å². The van der Waals surface area contributed by atoms with Gasteiger partial charge in [-0.15, -0.1) is 17.0 Å². The predicted octanol–water partition coefficient (Wildman–Crippen LogP) is 4.03. The van der Waals surface area contributed by atoms with E-state index in [9.17, 15) is 0 Å². The second-order valence-corrected chi connectivity index (χ2v) is 7.15. The van der Waals surface area contributed by atoms with Gasteiger partial charge < -0.3 is 14.7 Å². The van der Waals surface area contributed by atoms with E-state index in [4.69, 9.17) is 23.2 Å². The van der Waals surface area contributed by atoms with Crippen molar-refractivity contribution < 1.29 is 0 Å². The molecule has 1 saturated heterocycles. The lowest BCUT2D eigenvalue weighted by molar-refractivity contribution is 0.223. The first-order chi connectivity index (χ1) is 10.5. The summed E-state index contributed by atoms with van der Waals surface area (Å²) in [5.74, 6) is 0. The summed E-state index contributed by atoms with van der Waals surface area (Å²) < 4.78 is 0. The number of halogens is 3. The van der Waals surface area contributed by atoms with Gasteiger partial charge in [0.2, 0.25) is 0 Å². The van der Waals surface area contributed by atoms with E-state index < -0.39 is 0 Å². The molecule has 132 valence electrons. The molecule has 23 heavy (non-hydrogen) atoms. The number of hydrogen-bond acceptors (Lipinski definition) is 3. The van der Waals surface area contributed by atoms with Gasteiger partial charge in [-0.2, -0.15) is 0 Å². The van der Waals surface area contributed by atoms with Gasteiger partial charge in [-0.05, 0) is 57.7 Å². The number of hydrogen-bond donors (Lipinski definition) is 0. The third kappa shape index (κ3) is 7.72. The number of nitrogens with zero attached hydrogens (tertiary/aromatic N) is 3. The van der Waals surface area contributed by atoms with Gasteiger partial charge in [0.25, 0.3) is 0 Å². The molecule has 0 atom stereocenters. The second-order valence-electron chi connectivity index (χ2n) is 6.34. The van der Waals surface area contributed by atoms with Crippen molar-refractivity contribution in [2.75, 3.05) is 53.4 Å². The van der Waals surface area contributed by atoms with Gasteiger partial charge in [0.1, 0.15) is 0 Å². The smallest absolute Gasteiger partial charge is 0.0595 e. The van der Waals surface area contributed by atoms with Crippen LogP contribution in [-0.2, 0) is 6.54 Å². The molecule has 1 aliphatic rings. The van der Waals surface area contributed by atoms with Crippen LogP contribution >= 0.6 is 40.2 Å². The molecule has 0 spiro atoms. The highest BCUT2D eigenvalue weighted by atomic mass is 79.9. The van der Waals surface area contributed by atoms with Crippen LogP contribution in [0.15, 0.2) is 18.2 Å². The molecule has 1 heterocycles. The second kappa shape index (κ2) is 10.9. The Labute approximate surface area is 161 Å². The maximum atomic E-state index is 6.06. The van der Waals surface area contributed by atoms with Gasteiger partial charge in [-0.1, -0.05) is 29.3 Å². The summed E-state index contributed by atoms with van der Waals surface area (Å²) in [7, 11) is 4.36. The molecular weight excluding hydrogens is 397 g/mol. The molecule has 1 aromatic rings. The van der Waals surface area contributed by atoms with E-state index in [1.165, 1.54) is 38.0 Å². The van der Waals surface area contributed by atoms with Gasteiger partial charge >= 0.3 is 0 Å². The van der Waals surface area contributed by atoms with Crippen molar-refractivity contribution >= 4 is 40.2 Å². The maximum absolute atomic E-state index is 6.06. The Morgan fingerprint density at radius 1 is 0.957 bits per heavy atom. The highest BCUT2D eigenvalue weighted by molar-refractivity contribution is 8.93. The molecule has 3 nitrogen and oxygen atoms in total. The molecule has 0 aliphatic carbocycles. The molecule has 2 rings (SSSR count). The maximum Gasteiger partial charge on any atom is 0.0595 e. The topological polar surface area (TPSA) is 9.72 Å². The van der Waals surface area contributed by atoms with Crippen molar-refractivity contribution in [1.29, 1.82) is 0 Å². The quantitative estimate of drug-likeness (QED) is 0.623. The Morgan fingerprint density at radius 3 is 2.26 bits per heavy atom. The van der Waals surface area contributed by atoms with Crippen molar-refractivity contribution in [2.24, 2.45) is 0 Å². The predicted molar refractivity (Wildman–Crippen MR) is 106 cm³/mol. The fourth-order valence-corrected chi connectivity index (χ4v) is 3.12. The molecule has 0 N–H and O–H groups in total. The van der Waals surface area contributed by atoms with Crippen molar-refractivity contribution in [3.63, 3.8) is 0 Å². The lowest BCUT2D eigenvalue weighted by Gasteiger charge is -2.24. The minimum atomic E-state index is 0. The highest BCUT2D eigenvalue weighted by Crippen LogP contribution is 2.23. The third-order valence-corrected chi connectivity index (χ3v) is 5.04. The average Bonchev–Trinajstić information content (AvgIpc) is 3.00. The first-order valence-corrected chi connectivity index (χ1v) is 8.83. The largest absolute Gasteiger partial charge is 0.304 e. The van der Waals surface area contributed by atoms with Crippen LogP contribution in [0.5, 0.6) is 0 Å². The summed E-state index contributed by atoms with van der Waals surface area (Å²) in [5, 5.41) is 1.25. The van der Waals surface area contributed by atoms with Crippen molar-refractivity contribution in [3.05, 3.63) is 33.8 Å². The molecule has 0 unspecified atom stereocenters. The molecular formula is C17H28BrCl2N3. The van der Waals surface area contributed by atoms with E-state index in [0.29, 0.717) is 10.0 Å². The number of likely N-dealkylation sites (tertiary alicyclic amines) is 1. The first-order valence-electron chi connectivity index (χ1n) is 8.08. The van der Waals surface area contributed by atoms with Gasteiger partial charge in [0, 0.05) is 32.7 Å². The van der Waals surface area contributed by atoms with E-state index in [0.717, 1.165) is 26.2 Å². The van der Waals surface area contributed by atoms with Gasteiger partial charge in [-0.25, -0.2) is 0 Å². The average molecular weight is 425 g/mol. The third-order valence-electron chi connectivity index (χ3n) is 4.30. The summed E-state index contributed by atoms with van der Waals surface area (Å²) in [6, 6.07) is 5.87. The molecule has 0 bridgehead atoms. The Morgan fingerprint density at radius 2 is 1.61 bits per heavy atom. The van der Waals surface area contributed by atoms with Gasteiger partial charge in [0.05, 0.1) is 10.0 Å². The summed E-state index contributed by atoms with van der Waals surface area (Å²) in [6.45, 7) is 7.96. The van der Waals surface area contributed by atoms with E-state index in [-0.39, 0.29) is 17.0 Å². The summed E-state index contributed by atoms with van der Waals surface area (Å²) in [5.41, 5.74) is 1.21. The van der Waals surface area contributed by atoms with Crippen LogP contribution in [0.2, 0.25) is 10.0 Å².